The molecular weight excluding hydrogens is 628 g/mol. The average molecular weight is 659 g/mol. The number of carbonyl (C=O) groups is 2. The van der Waals surface area contributed by atoms with E-state index in [1.165, 1.54) is 23.1 Å². The fourth-order valence-electron chi connectivity index (χ4n) is 4.16. The number of benzene rings is 3. The zero-order valence-corrected chi connectivity index (χ0v) is 26.8. The van der Waals surface area contributed by atoms with E-state index in [-0.39, 0.29) is 28.7 Å². The van der Waals surface area contributed by atoms with Crippen LogP contribution in [0.25, 0.3) is 0 Å². The van der Waals surface area contributed by atoms with Gasteiger partial charge in [0.1, 0.15) is 12.6 Å². The Labute approximate surface area is 261 Å². The Bertz CT molecular complexity index is 1470. The molecule has 0 fully saturated rings. The van der Waals surface area contributed by atoms with Gasteiger partial charge in [0, 0.05) is 44.2 Å². The average Bonchev–Trinajstić information content (AvgIpc) is 2.84. The topological polar surface area (TPSA) is 86.8 Å². The molecule has 0 radical (unpaired) electrons. The highest BCUT2D eigenvalue weighted by atomic mass is 35.5. The summed E-state index contributed by atoms with van der Waals surface area (Å²) in [6.45, 7) is 4.70. The highest BCUT2D eigenvalue weighted by molar-refractivity contribution is 7.92. The third kappa shape index (κ3) is 9.51. The summed E-state index contributed by atoms with van der Waals surface area (Å²) in [6.07, 6.45) is 1.12. The highest BCUT2D eigenvalue weighted by Gasteiger charge is 2.35. The predicted molar refractivity (Wildman–Crippen MR) is 167 cm³/mol. The molecule has 0 unspecified atom stereocenters. The summed E-state index contributed by atoms with van der Waals surface area (Å²) in [7, 11) is -3.99. The standard InChI is InChI=1S/C29H31Cl4N3O4S/c1-29(2,3)34-28(38)26(13-19-9-6-5-7-10-19)35(17-23-24(32)11-8-12-25(23)33)27(37)18-36(41(4,39)40)22-15-20(30)14-21(31)16-22/h5-12,14-16,26H,13,17-18H2,1-4H3,(H,34,38)/t26-/m0/s1. The lowest BCUT2D eigenvalue weighted by molar-refractivity contribution is -0.140. The molecule has 12 heteroatoms. The summed E-state index contributed by atoms with van der Waals surface area (Å²) >= 11 is 25.3. The minimum Gasteiger partial charge on any atom is -0.350 e. The van der Waals surface area contributed by atoms with E-state index in [0.717, 1.165) is 16.1 Å². The first kappa shape index (κ1) is 33.0. The molecule has 3 aromatic rings. The van der Waals surface area contributed by atoms with Crippen LogP contribution < -0.4 is 9.62 Å². The number of anilines is 1. The highest BCUT2D eigenvalue weighted by Crippen LogP contribution is 2.30. The maximum Gasteiger partial charge on any atom is 0.244 e. The summed E-state index contributed by atoms with van der Waals surface area (Å²) in [5.74, 6) is -1.08. The lowest BCUT2D eigenvalue weighted by Crippen LogP contribution is -2.56. The summed E-state index contributed by atoms with van der Waals surface area (Å²) in [5.41, 5.74) is 0.709. The van der Waals surface area contributed by atoms with Crippen molar-refractivity contribution in [2.24, 2.45) is 0 Å². The van der Waals surface area contributed by atoms with Gasteiger partial charge >= 0.3 is 0 Å². The van der Waals surface area contributed by atoms with Gasteiger partial charge in [-0.05, 0) is 56.7 Å². The Hall–Kier alpha value is -2.49. The molecule has 3 aromatic carbocycles. The van der Waals surface area contributed by atoms with Crippen molar-refractivity contribution >= 4 is 73.9 Å². The van der Waals surface area contributed by atoms with Gasteiger partial charge in [-0.25, -0.2) is 8.42 Å². The number of hydrogen-bond acceptors (Lipinski definition) is 4. The number of rotatable bonds is 10. The van der Waals surface area contributed by atoms with Gasteiger partial charge in [-0.1, -0.05) is 82.8 Å². The minimum absolute atomic E-state index is 0.104. The molecule has 0 aliphatic carbocycles. The van der Waals surface area contributed by atoms with Crippen molar-refractivity contribution < 1.29 is 18.0 Å². The molecule has 1 N–H and O–H groups in total. The van der Waals surface area contributed by atoms with Gasteiger partial charge in [0.2, 0.25) is 21.8 Å². The summed E-state index contributed by atoms with van der Waals surface area (Å²) in [5, 5.41) is 3.94. The number of halogens is 4. The zero-order chi connectivity index (χ0) is 30.5. The lowest BCUT2D eigenvalue weighted by atomic mass is 10.0. The van der Waals surface area contributed by atoms with Crippen LogP contribution in [0, 0.1) is 0 Å². The molecule has 0 aliphatic rings. The molecule has 0 bridgehead atoms. The quantitative estimate of drug-likeness (QED) is 0.265. The molecule has 220 valence electrons. The monoisotopic (exact) mass is 657 g/mol. The predicted octanol–water partition coefficient (Wildman–Crippen LogP) is 6.62. The van der Waals surface area contributed by atoms with Crippen molar-refractivity contribution in [3.8, 4) is 0 Å². The zero-order valence-electron chi connectivity index (χ0n) is 23.0. The van der Waals surface area contributed by atoms with Crippen molar-refractivity contribution in [2.75, 3.05) is 17.1 Å². The second-order valence-electron chi connectivity index (χ2n) is 10.6. The van der Waals surface area contributed by atoms with Crippen molar-refractivity contribution in [2.45, 2.75) is 45.3 Å². The molecule has 3 rings (SSSR count). The third-order valence-electron chi connectivity index (χ3n) is 5.97. The molecule has 0 aliphatic heterocycles. The van der Waals surface area contributed by atoms with Crippen molar-refractivity contribution in [1.82, 2.24) is 10.2 Å². The van der Waals surface area contributed by atoms with E-state index in [1.54, 1.807) is 18.2 Å². The van der Waals surface area contributed by atoms with Crippen LogP contribution in [0.2, 0.25) is 20.1 Å². The van der Waals surface area contributed by atoms with Crippen LogP contribution in [0.4, 0.5) is 5.69 Å². The van der Waals surface area contributed by atoms with E-state index in [0.29, 0.717) is 15.6 Å². The maximum atomic E-state index is 14.2. The molecule has 1 atom stereocenters. The Morgan fingerprint density at radius 2 is 1.44 bits per heavy atom. The third-order valence-corrected chi connectivity index (χ3v) is 8.26. The first-order valence-corrected chi connectivity index (χ1v) is 15.9. The van der Waals surface area contributed by atoms with Crippen LogP contribution in [0.3, 0.4) is 0 Å². The number of nitrogens with one attached hydrogen (secondary N) is 1. The van der Waals surface area contributed by atoms with E-state index >= 15 is 0 Å². The van der Waals surface area contributed by atoms with Gasteiger partial charge in [0.25, 0.3) is 0 Å². The Balaban J connectivity index is 2.14. The molecule has 41 heavy (non-hydrogen) atoms. The first-order chi connectivity index (χ1) is 19.0. The van der Waals surface area contributed by atoms with E-state index in [1.807, 2.05) is 51.1 Å². The van der Waals surface area contributed by atoms with Crippen molar-refractivity contribution in [3.05, 3.63) is 97.9 Å². The molecule has 0 aromatic heterocycles. The van der Waals surface area contributed by atoms with Crippen LogP contribution in [0.15, 0.2) is 66.7 Å². The largest absolute Gasteiger partial charge is 0.350 e. The molecule has 2 amide bonds. The van der Waals surface area contributed by atoms with E-state index in [2.05, 4.69) is 5.32 Å². The second kappa shape index (κ2) is 13.7. The number of carbonyl (C=O) groups excluding carboxylic acids is 2. The molecule has 0 spiro atoms. The number of amides is 2. The van der Waals surface area contributed by atoms with Crippen LogP contribution in [-0.4, -0.2) is 49.5 Å². The van der Waals surface area contributed by atoms with Crippen LogP contribution in [0.1, 0.15) is 31.9 Å². The van der Waals surface area contributed by atoms with E-state index < -0.39 is 40.0 Å². The summed E-state index contributed by atoms with van der Waals surface area (Å²) < 4.78 is 26.7. The lowest BCUT2D eigenvalue weighted by Gasteiger charge is -2.35. The van der Waals surface area contributed by atoms with Gasteiger partial charge < -0.3 is 10.2 Å². The van der Waals surface area contributed by atoms with E-state index in [9.17, 15) is 18.0 Å². The van der Waals surface area contributed by atoms with Gasteiger partial charge in [-0.3, -0.25) is 13.9 Å². The SMILES string of the molecule is CC(C)(C)NC(=O)[C@H](Cc1ccccc1)N(Cc1c(Cl)cccc1Cl)C(=O)CN(c1cc(Cl)cc(Cl)c1)S(C)(=O)=O. The molecule has 0 heterocycles. The molecular formula is C29H31Cl4N3O4S. The van der Waals surface area contributed by atoms with Crippen LogP contribution >= 0.6 is 46.4 Å². The Morgan fingerprint density at radius 3 is 1.95 bits per heavy atom. The number of hydrogen-bond donors (Lipinski definition) is 1. The fraction of sp³-hybridized carbons (Fsp3) is 0.310. The molecule has 0 saturated carbocycles. The number of sulfonamides is 1. The smallest absolute Gasteiger partial charge is 0.244 e. The molecule has 7 nitrogen and oxygen atoms in total. The molecule has 0 saturated heterocycles. The van der Waals surface area contributed by atoms with Gasteiger partial charge in [-0.2, -0.15) is 0 Å². The fourth-order valence-corrected chi connectivity index (χ4v) is 6.02. The Kier molecular flexibility index (Phi) is 11.0. The van der Waals surface area contributed by atoms with Crippen LogP contribution in [-0.2, 0) is 32.6 Å². The van der Waals surface area contributed by atoms with E-state index in [4.69, 9.17) is 46.4 Å². The van der Waals surface area contributed by atoms with Gasteiger partial charge in [0.05, 0.1) is 11.9 Å². The minimum atomic E-state index is -3.99. The first-order valence-electron chi connectivity index (χ1n) is 12.6. The van der Waals surface area contributed by atoms with Gasteiger partial charge in [0.15, 0.2) is 0 Å². The van der Waals surface area contributed by atoms with Crippen molar-refractivity contribution in [3.63, 3.8) is 0 Å². The van der Waals surface area contributed by atoms with Gasteiger partial charge in [-0.15, -0.1) is 0 Å². The maximum absolute atomic E-state index is 14.2. The summed E-state index contributed by atoms with van der Waals surface area (Å²) in [4.78, 5) is 29.2. The number of nitrogens with zero attached hydrogens (tertiary/aromatic N) is 2. The van der Waals surface area contributed by atoms with Crippen LogP contribution in [0.5, 0.6) is 0 Å². The Morgan fingerprint density at radius 1 is 0.878 bits per heavy atom. The second-order valence-corrected chi connectivity index (χ2v) is 14.2. The van der Waals surface area contributed by atoms with Crippen molar-refractivity contribution in [1.29, 1.82) is 0 Å². The normalized spacial score (nSPS) is 12.5. The summed E-state index contributed by atoms with van der Waals surface area (Å²) in [6, 6.07) is 17.3.